The van der Waals surface area contributed by atoms with E-state index < -0.39 is 0 Å². The molecule has 0 amide bonds. The zero-order valence-corrected chi connectivity index (χ0v) is 22.7. The first-order chi connectivity index (χ1) is 18.9. The number of imidazole rings is 1. The van der Waals surface area contributed by atoms with Crippen LogP contribution in [0.2, 0.25) is 0 Å². The van der Waals surface area contributed by atoms with Gasteiger partial charge in [0, 0.05) is 28.7 Å². The summed E-state index contributed by atoms with van der Waals surface area (Å²) in [6.45, 7) is 9.39. The van der Waals surface area contributed by atoms with Gasteiger partial charge in [0.05, 0.1) is 27.8 Å². The number of pyridine rings is 3. The first-order valence-corrected chi connectivity index (χ1v) is 13.5. The van der Waals surface area contributed by atoms with Crippen molar-refractivity contribution in [3.63, 3.8) is 0 Å². The van der Waals surface area contributed by atoms with Gasteiger partial charge in [-0.05, 0) is 76.6 Å². The Morgan fingerprint density at radius 2 is 1.36 bits per heavy atom. The molecule has 3 aromatic carbocycles. The largest absolute Gasteiger partial charge is 0.292 e. The van der Waals surface area contributed by atoms with Crippen molar-refractivity contribution in [1.82, 2.24) is 19.4 Å². The van der Waals surface area contributed by atoms with Gasteiger partial charge in [-0.15, -0.1) is 0 Å². The van der Waals surface area contributed by atoms with Crippen molar-refractivity contribution in [2.75, 3.05) is 0 Å². The van der Waals surface area contributed by atoms with Crippen LogP contribution in [0.4, 0.5) is 0 Å². The maximum absolute atomic E-state index is 4.99. The summed E-state index contributed by atoms with van der Waals surface area (Å²) in [6.07, 6.45) is 3.73. The van der Waals surface area contributed by atoms with Gasteiger partial charge in [-0.2, -0.15) is 0 Å². The van der Waals surface area contributed by atoms with E-state index in [1.54, 1.807) is 0 Å². The van der Waals surface area contributed by atoms with Crippen molar-refractivity contribution >= 4 is 38.5 Å². The minimum atomic E-state index is -0.184. The Labute approximate surface area is 228 Å². The van der Waals surface area contributed by atoms with Gasteiger partial charge in [0.1, 0.15) is 5.65 Å². The molecule has 0 saturated heterocycles. The summed E-state index contributed by atoms with van der Waals surface area (Å²) in [5, 5.41) is 2.21. The number of fused-ring (bicyclic) bond motifs is 8. The van der Waals surface area contributed by atoms with Crippen molar-refractivity contribution in [1.29, 1.82) is 0 Å². The molecule has 39 heavy (non-hydrogen) atoms. The molecule has 0 N–H and O–H groups in total. The van der Waals surface area contributed by atoms with Crippen LogP contribution in [0.1, 0.15) is 38.8 Å². The molecule has 190 valence electrons. The van der Waals surface area contributed by atoms with Crippen LogP contribution in [0, 0.1) is 0 Å². The van der Waals surface area contributed by atoms with Crippen molar-refractivity contribution < 1.29 is 0 Å². The molecule has 4 heteroatoms. The number of benzene rings is 3. The van der Waals surface area contributed by atoms with Crippen LogP contribution >= 0.6 is 0 Å². The third kappa shape index (κ3) is 3.48. The average Bonchev–Trinajstić information content (AvgIpc) is 3.37. The van der Waals surface area contributed by atoms with Crippen LogP contribution in [-0.2, 0) is 10.8 Å². The third-order valence-corrected chi connectivity index (χ3v) is 8.93. The standard InChI is InChI=1S/C35H30N4/c1-34(2,24-12-9-11-23(21-24)28-14-7-8-19-36-28)35(3,4)25-17-18-30-27(22-25)32-26(13-10-20-37-32)33-38-29-15-5-6-16-31(29)39(30)33/h5-22H,1-4H3. The van der Waals surface area contributed by atoms with E-state index in [0.29, 0.717) is 0 Å². The predicted molar refractivity (Wildman–Crippen MR) is 161 cm³/mol. The van der Waals surface area contributed by atoms with Crippen LogP contribution in [0.15, 0.2) is 109 Å². The normalized spacial score (nSPS) is 12.6. The molecule has 0 unspecified atom stereocenters. The van der Waals surface area contributed by atoms with Crippen LogP contribution in [0.3, 0.4) is 0 Å². The maximum Gasteiger partial charge on any atom is 0.147 e. The fraction of sp³-hybridized carbons (Fsp3) is 0.171. The van der Waals surface area contributed by atoms with E-state index >= 15 is 0 Å². The summed E-state index contributed by atoms with van der Waals surface area (Å²) < 4.78 is 2.28. The molecule has 0 radical (unpaired) electrons. The molecule has 7 aromatic rings. The molecule has 7 rings (SSSR count). The fourth-order valence-electron chi connectivity index (χ4n) is 5.88. The van der Waals surface area contributed by atoms with E-state index in [1.807, 2.05) is 36.7 Å². The highest BCUT2D eigenvalue weighted by molar-refractivity contribution is 6.12. The van der Waals surface area contributed by atoms with E-state index in [-0.39, 0.29) is 10.8 Å². The Morgan fingerprint density at radius 1 is 0.590 bits per heavy atom. The topological polar surface area (TPSA) is 43.1 Å². The van der Waals surface area contributed by atoms with Crippen LogP contribution in [-0.4, -0.2) is 19.4 Å². The number of aromatic nitrogens is 4. The molecule has 0 bridgehead atoms. The van der Waals surface area contributed by atoms with E-state index in [0.717, 1.165) is 49.7 Å². The summed E-state index contributed by atoms with van der Waals surface area (Å²) in [4.78, 5) is 14.4. The Morgan fingerprint density at radius 3 is 2.18 bits per heavy atom. The van der Waals surface area contributed by atoms with Crippen LogP contribution < -0.4 is 0 Å². The number of hydrogen-bond acceptors (Lipinski definition) is 3. The predicted octanol–water partition coefficient (Wildman–Crippen LogP) is 8.51. The van der Waals surface area contributed by atoms with Gasteiger partial charge in [0.2, 0.25) is 0 Å². The van der Waals surface area contributed by atoms with E-state index in [1.165, 1.54) is 11.1 Å². The Balaban J connectivity index is 1.43. The highest BCUT2D eigenvalue weighted by Crippen LogP contribution is 2.45. The Bertz CT molecular complexity index is 2020. The van der Waals surface area contributed by atoms with E-state index in [2.05, 4.69) is 110 Å². The van der Waals surface area contributed by atoms with Crippen molar-refractivity contribution in [3.05, 3.63) is 121 Å². The first kappa shape index (κ1) is 23.5. The molecule has 4 nitrogen and oxygen atoms in total. The molecular weight excluding hydrogens is 476 g/mol. The highest BCUT2D eigenvalue weighted by Gasteiger charge is 2.40. The average molecular weight is 507 g/mol. The molecule has 0 aliphatic rings. The van der Waals surface area contributed by atoms with Gasteiger partial charge in [-0.3, -0.25) is 14.4 Å². The second-order valence-electron chi connectivity index (χ2n) is 11.4. The number of hydrogen-bond donors (Lipinski definition) is 0. The monoisotopic (exact) mass is 506 g/mol. The first-order valence-electron chi connectivity index (χ1n) is 13.5. The Kier molecular flexibility index (Phi) is 5.11. The maximum atomic E-state index is 4.99. The lowest BCUT2D eigenvalue weighted by Crippen LogP contribution is -2.40. The minimum Gasteiger partial charge on any atom is -0.292 e. The summed E-state index contributed by atoms with van der Waals surface area (Å²) in [7, 11) is 0. The van der Waals surface area contributed by atoms with Crippen LogP contribution in [0.5, 0.6) is 0 Å². The van der Waals surface area contributed by atoms with Crippen molar-refractivity contribution in [2.24, 2.45) is 0 Å². The lowest BCUT2D eigenvalue weighted by molar-refractivity contribution is 0.303. The summed E-state index contributed by atoms with van der Waals surface area (Å²) >= 11 is 0. The highest BCUT2D eigenvalue weighted by atomic mass is 15.0. The zero-order valence-electron chi connectivity index (χ0n) is 22.7. The molecule has 4 aromatic heterocycles. The van der Waals surface area contributed by atoms with Crippen molar-refractivity contribution in [3.8, 4) is 11.3 Å². The van der Waals surface area contributed by atoms with Crippen LogP contribution in [0.25, 0.3) is 49.7 Å². The quantitative estimate of drug-likeness (QED) is 0.225. The summed E-state index contributed by atoms with van der Waals surface area (Å²) in [6, 6.07) is 34.3. The van der Waals surface area contributed by atoms with Gasteiger partial charge < -0.3 is 0 Å². The summed E-state index contributed by atoms with van der Waals surface area (Å²) in [5.41, 5.74) is 9.52. The number of para-hydroxylation sites is 2. The second-order valence-corrected chi connectivity index (χ2v) is 11.4. The van der Waals surface area contributed by atoms with Gasteiger partial charge in [-0.1, -0.05) is 70.2 Å². The lowest BCUT2D eigenvalue weighted by Gasteiger charge is -2.43. The lowest BCUT2D eigenvalue weighted by atomic mass is 9.61. The molecule has 0 atom stereocenters. The van der Waals surface area contributed by atoms with Gasteiger partial charge in [0.15, 0.2) is 0 Å². The fourth-order valence-corrected chi connectivity index (χ4v) is 5.88. The SMILES string of the molecule is CC(C)(c1cccc(-c2ccccn2)c1)C(C)(C)c1ccc2c(c1)c1ncccc1c1nc3ccccc3n21. The molecule has 0 aliphatic carbocycles. The molecule has 0 aliphatic heterocycles. The minimum absolute atomic E-state index is 0.166. The van der Waals surface area contributed by atoms with Gasteiger partial charge >= 0.3 is 0 Å². The molecule has 0 fully saturated rings. The molecule has 4 heterocycles. The zero-order chi connectivity index (χ0) is 26.8. The smallest absolute Gasteiger partial charge is 0.147 e. The van der Waals surface area contributed by atoms with Gasteiger partial charge in [-0.25, -0.2) is 4.98 Å². The van der Waals surface area contributed by atoms with E-state index in [4.69, 9.17) is 9.97 Å². The molecule has 0 saturated carbocycles. The van der Waals surface area contributed by atoms with E-state index in [9.17, 15) is 0 Å². The summed E-state index contributed by atoms with van der Waals surface area (Å²) in [5.74, 6) is 0. The number of rotatable bonds is 4. The van der Waals surface area contributed by atoms with Crippen molar-refractivity contribution in [2.45, 2.75) is 38.5 Å². The second kappa shape index (κ2) is 8.47. The number of nitrogens with zero attached hydrogens (tertiary/aromatic N) is 4. The Hall–Kier alpha value is -4.57. The van der Waals surface area contributed by atoms with Gasteiger partial charge in [0.25, 0.3) is 0 Å². The molecular formula is C35H30N4. The third-order valence-electron chi connectivity index (χ3n) is 8.93. The molecule has 0 spiro atoms.